The fourth-order valence-corrected chi connectivity index (χ4v) is 0.924. The molecule has 0 radical (unpaired) electrons. The van der Waals surface area contributed by atoms with Crippen molar-refractivity contribution in [3.63, 3.8) is 0 Å². The number of aromatic amines is 1. The molecule has 0 fully saturated rings. The van der Waals surface area contributed by atoms with E-state index in [0.29, 0.717) is 0 Å². The first kappa shape index (κ1) is 9.09. The lowest BCUT2D eigenvalue weighted by Gasteiger charge is -1.96. The first-order valence-corrected chi connectivity index (χ1v) is 3.59. The normalized spacial score (nSPS) is 9.83. The first-order valence-electron chi connectivity index (χ1n) is 2.84. The SMILES string of the molecule is O=C(O)c1cc(Cl)c(Cl)c(=O)[nH]1. The molecule has 0 bridgehead atoms. The van der Waals surface area contributed by atoms with Crippen LogP contribution in [0.25, 0.3) is 0 Å². The molecule has 4 nitrogen and oxygen atoms in total. The zero-order chi connectivity index (χ0) is 9.30. The molecule has 6 heteroatoms. The van der Waals surface area contributed by atoms with Crippen molar-refractivity contribution in [2.45, 2.75) is 0 Å². The average Bonchev–Trinajstić information content (AvgIpc) is 1.99. The summed E-state index contributed by atoms with van der Waals surface area (Å²) in [5, 5.41) is 8.17. The number of carboxylic acids is 1. The van der Waals surface area contributed by atoms with E-state index in [0.717, 1.165) is 6.07 Å². The number of pyridine rings is 1. The highest BCUT2D eigenvalue weighted by Crippen LogP contribution is 2.16. The standard InChI is InChI=1S/C6H3Cl2NO3/c7-2-1-3(6(11)12)9-5(10)4(2)8/h1H,(H,9,10)(H,11,12). The number of hydrogen-bond acceptors (Lipinski definition) is 2. The lowest BCUT2D eigenvalue weighted by Crippen LogP contribution is -2.13. The highest BCUT2D eigenvalue weighted by Gasteiger charge is 2.09. The topological polar surface area (TPSA) is 70.2 Å². The van der Waals surface area contributed by atoms with Gasteiger partial charge in [-0.2, -0.15) is 0 Å². The van der Waals surface area contributed by atoms with E-state index in [9.17, 15) is 9.59 Å². The molecule has 1 heterocycles. The molecule has 0 unspecified atom stereocenters. The van der Waals surface area contributed by atoms with E-state index in [-0.39, 0.29) is 15.7 Å². The second kappa shape index (κ2) is 3.16. The number of hydrogen-bond donors (Lipinski definition) is 2. The molecule has 64 valence electrons. The molecule has 0 aliphatic heterocycles. The highest BCUT2D eigenvalue weighted by atomic mass is 35.5. The second-order valence-electron chi connectivity index (χ2n) is 1.98. The van der Waals surface area contributed by atoms with Crippen molar-refractivity contribution in [2.24, 2.45) is 0 Å². The van der Waals surface area contributed by atoms with E-state index in [2.05, 4.69) is 0 Å². The molecular weight excluding hydrogens is 205 g/mol. The molecule has 1 aromatic heterocycles. The third-order valence-electron chi connectivity index (χ3n) is 1.16. The number of carboxylic acid groups (broad SMARTS) is 1. The van der Waals surface area contributed by atoms with Crippen molar-refractivity contribution in [1.82, 2.24) is 4.98 Å². The number of H-pyrrole nitrogens is 1. The Bertz CT molecular complexity index is 385. The Morgan fingerprint density at radius 2 is 2.08 bits per heavy atom. The summed E-state index contributed by atoms with van der Waals surface area (Å²) in [6.07, 6.45) is 0. The van der Waals surface area contributed by atoms with Crippen molar-refractivity contribution >= 4 is 29.2 Å². The van der Waals surface area contributed by atoms with Gasteiger partial charge in [-0.25, -0.2) is 4.79 Å². The fourth-order valence-electron chi connectivity index (χ4n) is 0.627. The molecule has 0 aliphatic carbocycles. The van der Waals surface area contributed by atoms with Crippen molar-refractivity contribution in [3.8, 4) is 0 Å². The van der Waals surface area contributed by atoms with E-state index in [1.165, 1.54) is 0 Å². The molecule has 2 N–H and O–H groups in total. The molecule has 12 heavy (non-hydrogen) atoms. The Labute approximate surface area is 76.7 Å². The van der Waals surface area contributed by atoms with Crippen LogP contribution in [0.15, 0.2) is 10.9 Å². The van der Waals surface area contributed by atoms with Gasteiger partial charge >= 0.3 is 5.97 Å². The summed E-state index contributed by atoms with van der Waals surface area (Å²) in [4.78, 5) is 23.2. The monoisotopic (exact) mass is 207 g/mol. The van der Waals surface area contributed by atoms with Crippen molar-refractivity contribution in [2.75, 3.05) is 0 Å². The van der Waals surface area contributed by atoms with E-state index in [4.69, 9.17) is 28.3 Å². The number of rotatable bonds is 1. The minimum atomic E-state index is -1.26. The molecule has 1 rings (SSSR count). The predicted octanol–water partition coefficient (Wildman–Crippen LogP) is 1.38. The van der Waals surface area contributed by atoms with Gasteiger partial charge in [0.25, 0.3) is 5.56 Å². The smallest absolute Gasteiger partial charge is 0.352 e. The third-order valence-corrected chi connectivity index (χ3v) is 1.93. The fraction of sp³-hybridized carbons (Fsp3) is 0. The van der Waals surface area contributed by atoms with Crippen LogP contribution in [-0.4, -0.2) is 16.1 Å². The number of aromatic nitrogens is 1. The van der Waals surface area contributed by atoms with E-state index in [1.807, 2.05) is 4.98 Å². The maximum Gasteiger partial charge on any atom is 0.352 e. The van der Waals surface area contributed by atoms with Crippen LogP contribution in [0.1, 0.15) is 10.5 Å². The van der Waals surface area contributed by atoms with Crippen LogP contribution in [0.3, 0.4) is 0 Å². The summed E-state index contributed by atoms with van der Waals surface area (Å²) < 4.78 is 0. The Morgan fingerprint density at radius 1 is 1.50 bits per heavy atom. The van der Waals surface area contributed by atoms with Gasteiger partial charge in [-0.1, -0.05) is 23.2 Å². The summed E-state index contributed by atoms with van der Waals surface area (Å²) in [5.41, 5.74) is -0.990. The number of halogens is 2. The van der Waals surface area contributed by atoms with E-state index in [1.54, 1.807) is 0 Å². The van der Waals surface area contributed by atoms with Crippen LogP contribution in [0.5, 0.6) is 0 Å². The average molecular weight is 208 g/mol. The van der Waals surface area contributed by atoms with Gasteiger partial charge in [0.05, 0.1) is 5.02 Å². The lowest BCUT2D eigenvalue weighted by molar-refractivity contribution is 0.0690. The van der Waals surface area contributed by atoms with Crippen LogP contribution in [0.4, 0.5) is 0 Å². The number of nitrogens with one attached hydrogen (secondary N) is 1. The van der Waals surface area contributed by atoms with Gasteiger partial charge in [0, 0.05) is 0 Å². The molecule has 0 atom stereocenters. The van der Waals surface area contributed by atoms with Crippen LogP contribution >= 0.6 is 23.2 Å². The van der Waals surface area contributed by atoms with Gasteiger partial charge in [0.1, 0.15) is 10.7 Å². The first-order chi connectivity index (χ1) is 5.52. The van der Waals surface area contributed by atoms with Gasteiger partial charge in [0.15, 0.2) is 0 Å². The molecular formula is C6H3Cl2NO3. The summed E-state index contributed by atoms with van der Waals surface area (Å²) in [6.45, 7) is 0. The van der Waals surface area contributed by atoms with Gasteiger partial charge in [-0.3, -0.25) is 4.79 Å². The minimum Gasteiger partial charge on any atom is -0.477 e. The Morgan fingerprint density at radius 3 is 2.50 bits per heavy atom. The van der Waals surface area contributed by atoms with Crippen molar-refractivity contribution in [3.05, 3.63) is 32.2 Å². The van der Waals surface area contributed by atoms with E-state index >= 15 is 0 Å². The second-order valence-corrected chi connectivity index (χ2v) is 2.76. The van der Waals surface area contributed by atoms with Crippen molar-refractivity contribution in [1.29, 1.82) is 0 Å². The molecule has 0 aliphatic rings. The van der Waals surface area contributed by atoms with Gasteiger partial charge < -0.3 is 10.1 Å². The Balaban J connectivity index is 3.41. The molecule has 0 spiro atoms. The molecule has 0 saturated heterocycles. The highest BCUT2D eigenvalue weighted by molar-refractivity contribution is 6.41. The number of aromatic carboxylic acids is 1. The van der Waals surface area contributed by atoms with Gasteiger partial charge in [0.2, 0.25) is 0 Å². The zero-order valence-electron chi connectivity index (χ0n) is 5.60. The lowest BCUT2D eigenvalue weighted by atomic mass is 10.3. The maximum absolute atomic E-state index is 10.8. The minimum absolute atomic E-state index is 0.0715. The predicted molar refractivity (Wildman–Crippen MR) is 44.0 cm³/mol. The largest absolute Gasteiger partial charge is 0.477 e. The van der Waals surface area contributed by atoms with Crippen LogP contribution in [-0.2, 0) is 0 Å². The molecule has 0 amide bonds. The van der Waals surface area contributed by atoms with Crippen LogP contribution < -0.4 is 5.56 Å². The third kappa shape index (κ3) is 1.60. The number of carbonyl (C=O) groups is 1. The maximum atomic E-state index is 10.8. The van der Waals surface area contributed by atoms with Gasteiger partial charge in [-0.05, 0) is 6.07 Å². The zero-order valence-corrected chi connectivity index (χ0v) is 7.11. The summed E-state index contributed by atoms with van der Waals surface area (Å²) in [5.74, 6) is -1.26. The molecule has 1 aromatic rings. The Kier molecular flexibility index (Phi) is 2.40. The quantitative estimate of drug-likeness (QED) is 0.732. The molecule has 0 aromatic carbocycles. The summed E-state index contributed by atoms with van der Waals surface area (Å²) in [6, 6.07) is 1.08. The summed E-state index contributed by atoms with van der Waals surface area (Å²) >= 11 is 10.8. The Hall–Kier alpha value is -1.00. The van der Waals surface area contributed by atoms with E-state index < -0.39 is 11.5 Å². The molecule has 0 saturated carbocycles. The van der Waals surface area contributed by atoms with Crippen LogP contribution in [0, 0.1) is 0 Å². The van der Waals surface area contributed by atoms with Gasteiger partial charge in [-0.15, -0.1) is 0 Å². The van der Waals surface area contributed by atoms with Crippen molar-refractivity contribution < 1.29 is 9.90 Å². The summed E-state index contributed by atoms with van der Waals surface area (Å²) in [7, 11) is 0. The van der Waals surface area contributed by atoms with Crippen LogP contribution in [0.2, 0.25) is 10.0 Å².